The second-order valence-corrected chi connectivity index (χ2v) is 5.83. The SMILES string of the molecule is O=C(Nc1cc(CSCCO)ccn1)c1ccc(Cl)cc1. The summed E-state index contributed by atoms with van der Waals surface area (Å²) in [4.78, 5) is 16.2. The van der Waals surface area contributed by atoms with Crippen molar-refractivity contribution in [3.8, 4) is 0 Å². The van der Waals surface area contributed by atoms with E-state index in [2.05, 4.69) is 10.3 Å². The van der Waals surface area contributed by atoms with Crippen LogP contribution >= 0.6 is 23.4 Å². The van der Waals surface area contributed by atoms with Crippen molar-refractivity contribution in [1.29, 1.82) is 0 Å². The summed E-state index contributed by atoms with van der Waals surface area (Å²) in [5.74, 6) is 1.75. The van der Waals surface area contributed by atoms with Crippen LogP contribution in [0.15, 0.2) is 42.6 Å². The average molecular weight is 323 g/mol. The summed E-state index contributed by atoms with van der Waals surface area (Å²) in [5.41, 5.74) is 1.58. The van der Waals surface area contributed by atoms with Crippen LogP contribution in [0.4, 0.5) is 5.82 Å². The highest BCUT2D eigenvalue weighted by Crippen LogP contribution is 2.15. The molecule has 0 saturated heterocycles. The largest absolute Gasteiger partial charge is 0.396 e. The van der Waals surface area contributed by atoms with Gasteiger partial charge in [0.25, 0.3) is 5.91 Å². The lowest BCUT2D eigenvalue weighted by molar-refractivity contribution is 0.102. The number of rotatable bonds is 6. The summed E-state index contributed by atoms with van der Waals surface area (Å²) in [5, 5.41) is 12.1. The number of benzene rings is 1. The molecule has 110 valence electrons. The first-order chi connectivity index (χ1) is 10.2. The van der Waals surface area contributed by atoms with Gasteiger partial charge in [0.2, 0.25) is 0 Å². The number of thioether (sulfide) groups is 1. The van der Waals surface area contributed by atoms with Crippen LogP contribution in [-0.2, 0) is 5.75 Å². The number of hydrogen-bond acceptors (Lipinski definition) is 4. The quantitative estimate of drug-likeness (QED) is 0.802. The fraction of sp³-hybridized carbons (Fsp3) is 0.200. The molecule has 0 aliphatic heterocycles. The summed E-state index contributed by atoms with van der Waals surface area (Å²) < 4.78 is 0. The number of nitrogens with zero attached hydrogens (tertiary/aromatic N) is 1. The summed E-state index contributed by atoms with van der Waals surface area (Å²) in [6, 6.07) is 10.4. The Hall–Kier alpha value is -1.56. The Morgan fingerprint density at radius 1 is 1.29 bits per heavy atom. The van der Waals surface area contributed by atoms with Gasteiger partial charge in [0.05, 0.1) is 6.61 Å². The van der Waals surface area contributed by atoms with E-state index in [0.717, 1.165) is 11.3 Å². The van der Waals surface area contributed by atoms with Gasteiger partial charge in [-0.1, -0.05) is 11.6 Å². The third kappa shape index (κ3) is 5.04. The predicted octanol–water partition coefficient (Wildman–Crippen LogP) is 3.21. The molecule has 1 aromatic carbocycles. The van der Waals surface area contributed by atoms with E-state index in [1.807, 2.05) is 12.1 Å². The Labute approximate surface area is 132 Å². The van der Waals surface area contributed by atoms with Gasteiger partial charge in [-0.25, -0.2) is 4.98 Å². The zero-order valence-electron chi connectivity index (χ0n) is 11.3. The van der Waals surface area contributed by atoms with Crippen molar-refractivity contribution in [3.05, 3.63) is 58.7 Å². The minimum Gasteiger partial charge on any atom is -0.396 e. The van der Waals surface area contributed by atoms with Crippen molar-refractivity contribution >= 4 is 35.1 Å². The molecule has 21 heavy (non-hydrogen) atoms. The topological polar surface area (TPSA) is 62.2 Å². The predicted molar refractivity (Wildman–Crippen MR) is 86.9 cm³/mol. The van der Waals surface area contributed by atoms with Crippen molar-refractivity contribution in [2.75, 3.05) is 17.7 Å². The van der Waals surface area contributed by atoms with E-state index in [4.69, 9.17) is 16.7 Å². The van der Waals surface area contributed by atoms with E-state index >= 15 is 0 Å². The molecule has 0 aliphatic rings. The molecule has 2 N–H and O–H groups in total. The standard InChI is InChI=1S/C15H15ClN2O2S/c16-13-3-1-12(2-4-13)15(20)18-14-9-11(5-6-17-14)10-21-8-7-19/h1-6,9,19H,7-8,10H2,(H,17,18,20). The van der Waals surface area contributed by atoms with Gasteiger partial charge in [-0.2, -0.15) is 11.8 Å². The summed E-state index contributed by atoms with van der Waals surface area (Å²) >= 11 is 7.42. The molecule has 0 radical (unpaired) electrons. The van der Waals surface area contributed by atoms with E-state index < -0.39 is 0 Å². The monoisotopic (exact) mass is 322 g/mol. The van der Waals surface area contributed by atoms with Gasteiger partial charge in [-0.15, -0.1) is 0 Å². The molecule has 0 atom stereocenters. The van der Waals surface area contributed by atoms with E-state index in [0.29, 0.717) is 22.2 Å². The first kappa shape index (κ1) is 15.8. The Bertz CT molecular complexity index is 605. The van der Waals surface area contributed by atoms with E-state index in [1.165, 1.54) is 0 Å². The van der Waals surface area contributed by atoms with Gasteiger partial charge in [0.1, 0.15) is 5.82 Å². The van der Waals surface area contributed by atoms with Crippen molar-refractivity contribution in [2.45, 2.75) is 5.75 Å². The number of anilines is 1. The molecule has 0 spiro atoms. The van der Waals surface area contributed by atoms with Gasteiger partial charge in [0, 0.05) is 28.3 Å². The van der Waals surface area contributed by atoms with Crippen LogP contribution in [0.5, 0.6) is 0 Å². The van der Waals surface area contributed by atoms with Crippen LogP contribution < -0.4 is 5.32 Å². The molecule has 1 aromatic heterocycles. The minimum absolute atomic E-state index is 0.163. The molecule has 0 aliphatic carbocycles. The van der Waals surface area contributed by atoms with Crippen molar-refractivity contribution in [3.63, 3.8) is 0 Å². The number of halogens is 1. The molecular formula is C15H15ClN2O2S. The maximum atomic E-state index is 12.1. The Balaban J connectivity index is 2.00. The van der Waals surface area contributed by atoms with E-state index in [1.54, 1.807) is 42.2 Å². The number of aliphatic hydroxyl groups is 1. The first-order valence-electron chi connectivity index (χ1n) is 6.39. The molecule has 4 nitrogen and oxygen atoms in total. The van der Waals surface area contributed by atoms with Crippen LogP contribution in [0.3, 0.4) is 0 Å². The zero-order valence-corrected chi connectivity index (χ0v) is 12.8. The van der Waals surface area contributed by atoms with Gasteiger partial charge >= 0.3 is 0 Å². The number of pyridine rings is 1. The molecule has 1 amide bonds. The van der Waals surface area contributed by atoms with Crippen LogP contribution in [0.25, 0.3) is 0 Å². The number of aromatic nitrogens is 1. The molecule has 2 rings (SSSR count). The third-order valence-electron chi connectivity index (χ3n) is 2.68. The van der Waals surface area contributed by atoms with E-state index in [9.17, 15) is 4.79 Å². The van der Waals surface area contributed by atoms with Crippen LogP contribution in [0, 0.1) is 0 Å². The highest BCUT2D eigenvalue weighted by Gasteiger charge is 2.07. The van der Waals surface area contributed by atoms with Gasteiger partial charge in [0.15, 0.2) is 0 Å². The average Bonchev–Trinajstić information content (AvgIpc) is 2.48. The number of aliphatic hydroxyl groups excluding tert-OH is 1. The highest BCUT2D eigenvalue weighted by molar-refractivity contribution is 7.98. The van der Waals surface area contributed by atoms with Crippen molar-refractivity contribution < 1.29 is 9.90 Å². The number of amides is 1. The number of carbonyl (C=O) groups is 1. The third-order valence-corrected chi connectivity index (χ3v) is 3.94. The molecule has 0 saturated carbocycles. The lowest BCUT2D eigenvalue weighted by atomic mass is 10.2. The molecular weight excluding hydrogens is 308 g/mol. The normalized spacial score (nSPS) is 10.4. The highest BCUT2D eigenvalue weighted by atomic mass is 35.5. The smallest absolute Gasteiger partial charge is 0.256 e. The molecule has 0 fully saturated rings. The minimum atomic E-state index is -0.223. The maximum Gasteiger partial charge on any atom is 0.256 e. The molecule has 2 aromatic rings. The van der Waals surface area contributed by atoms with Crippen LogP contribution in [-0.4, -0.2) is 28.4 Å². The fourth-order valence-corrected chi connectivity index (χ4v) is 2.49. The zero-order chi connectivity index (χ0) is 15.1. The van der Waals surface area contributed by atoms with Crippen LogP contribution in [0.1, 0.15) is 15.9 Å². The van der Waals surface area contributed by atoms with E-state index in [-0.39, 0.29) is 12.5 Å². The fourth-order valence-electron chi connectivity index (χ4n) is 1.68. The molecule has 0 bridgehead atoms. The Kier molecular flexibility index (Phi) is 6.04. The summed E-state index contributed by atoms with van der Waals surface area (Å²) in [6.07, 6.45) is 1.66. The molecule has 6 heteroatoms. The molecule has 0 unspecified atom stereocenters. The second-order valence-electron chi connectivity index (χ2n) is 4.29. The van der Waals surface area contributed by atoms with Crippen LogP contribution in [0.2, 0.25) is 5.02 Å². The number of hydrogen-bond donors (Lipinski definition) is 2. The van der Waals surface area contributed by atoms with Gasteiger partial charge in [-0.3, -0.25) is 4.79 Å². The van der Waals surface area contributed by atoms with Crippen molar-refractivity contribution in [2.24, 2.45) is 0 Å². The van der Waals surface area contributed by atoms with Gasteiger partial charge in [-0.05, 0) is 42.0 Å². The first-order valence-corrected chi connectivity index (χ1v) is 7.93. The Morgan fingerprint density at radius 3 is 2.76 bits per heavy atom. The number of carbonyl (C=O) groups excluding carboxylic acids is 1. The summed E-state index contributed by atoms with van der Waals surface area (Å²) in [6.45, 7) is 0.163. The second kappa shape index (κ2) is 8.02. The Morgan fingerprint density at radius 2 is 2.05 bits per heavy atom. The summed E-state index contributed by atoms with van der Waals surface area (Å²) in [7, 11) is 0. The lowest BCUT2D eigenvalue weighted by Gasteiger charge is -2.06. The number of nitrogens with one attached hydrogen (secondary N) is 1. The van der Waals surface area contributed by atoms with Gasteiger partial charge < -0.3 is 10.4 Å². The maximum absolute atomic E-state index is 12.1. The lowest BCUT2D eigenvalue weighted by Crippen LogP contribution is -2.12. The molecule has 1 heterocycles. The van der Waals surface area contributed by atoms with Crippen molar-refractivity contribution in [1.82, 2.24) is 4.98 Å².